The van der Waals surface area contributed by atoms with Crippen LogP contribution in [0.15, 0.2) is 65.6 Å². The number of aldehydes is 1. The summed E-state index contributed by atoms with van der Waals surface area (Å²) in [5.41, 5.74) is -1.02. The van der Waals surface area contributed by atoms with E-state index in [1.807, 2.05) is 37.3 Å². The van der Waals surface area contributed by atoms with Crippen molar-refractivity contribution in [2.24, 2.45) is 0 Å². The van der Waals surface area contributed by atoms with E-state index < -0.39 is 43.7 Å². The molecule has 39 heavy (non-hydrogen) atoms. The van der Waals surface area contributed by atoms with E-state index in [4.69, 9.17) is 4.74 Å². The molecule has 0 saturated carbocycles. The molecule has 11 heteroatoms. The van der Waals surface area contributed by atoms with E-state index in [-0.39, 0.29) is 36.7 Å². The van der Waals surface area contributed by atoms with Gasteiger partial charge < -0.3 is 4.74 Å². The van der Waals surface area contributed by atoms with Crippen molar-refractivity contribution in [3.63, 3.8) is 0 Å². The van der Waals surface area contributed by atoms with Crippen LogP contribution in [0.25, 0.3) is 0 Å². The summed E-state index contributed by atoms with van der Waals surface area (Å²) in [6.07, 6.45) is -3.55. The van der Waals surface area contributed by atoms with Gasteiger partial charge in [0.1, 0.15) is 17.4 Å². The molecule has 3 rings (SSSR count). The van der Waals surface area contributed by atoms with Crippen molar-refractivity contribution in [3.05, 3.63) is 94.6 Å². The van der Waals surface area contributed by atoms with Gasteiger partial charge in [0.25, 0.3) is 0 Å². The van der Waals surface area contributed by atoms with Gasteiger partial charge in [-0.1, -0.05) is 49.4 Å². The van der Waals surface area contributed by atoms with Gasteiger partial charge in [0.2, 0.25) is 0 Å². The summed E-state index contributed by atoms with van der Waals surface area (Å²) in [6.45, 7) is 2.56. The van der Waals surface area contributed by atoms with Crippen LogP contribution in [0.3, 0.4) is 0 Å². The number of benzene rings is 3. The number of alkyl halides is 3. The standard InChI is InChI=1S/C28H28F5NO4S/c1-19(20-8-4-3-5-9-20)16-34(17-21-10-6-11-24(27(21)30)28(31,32)33)12-7-13-38-22-14-25(29)23(18-35)26(15-22)39(2,36)37/h3-6,8-11,14-15,18-19H,7,12-13,16-17H2,1-2H3. The summed E-state index contributed by atoms with van der Waals surface area (Å²) < 4.78 is 98.2. The number of sulfone groups is 1. The smallest absolute Gasteiger partial charge is 0.419 e. The Morgan fingerprint density at radius 3 is 2.33 bits per heavy atom. The van der Waals surface area contributed by atoms with E-state index in [1.54, 1.807) is 4.90 Å². The van der Waals surface area contributed by atoms with E-state index in [0.717, 1.165) is 24.0 Å². The fourth-order valence-corrected chi connectivity index (χ4v) is 5.10. The molecule has 0 aliphatic heterocycles. The fraction of sp³-hybridized carbons (Fsp3) is 0.321. The second-order valence-electron chi connectivity index (χ2n) is 9.23. The monoisotopic (exact) mass is 569 g/mol. The quantitative estimate of drug-likeness (QED) is 0.146. The molecular formula is C28H28F5NO4S. The molecule has 1 atom stereocenters. The number of hydrogen-bond acceptors (Lipinski definition) is 5. The average molecular weight is 570 g/mol. The van der Waals surface area contributed by atoms with E-state index in [1.165, 1.54) is 12.1 Å². The van der Waals surface area contributed by atoms with E-state index in [2.05, 4.69) is 0 Å². The van der Waals surface area contributed by atoms with E-state index in [9.17, 15) is 35.2 Å². The molecular weight excluding hydrogens is 541 g/mol. The van der Waals surface area contributed by atoms with Crippen LogP contribution in [0.2, 0.25) is 0 Å². The Balaban J connectivity index is 1.76. The third-order valence-electron chi connectivity index (χ3n) is 6.15. The Hall–Kier alpha value is -3.31. The lowest BCUT2D eigenvalue weighted by atomic mass is 10.00. The number of nitrogens with zero attached hydrogens (tertiary/aromatic N) is 1. The molecule has 0 radical (unpaired) electrons. The molecule has 0 bridgehead atoms. The number of rotatable bonds is 12. The topological polar surface area (TPSA) is 63.7 Å². The highest BCUT2D eigenvalue weighted by Gasteiger charge is 2.35. The SMILES string of the molecule is CC(CN(CCCOc1cc(F)c(C=O)c(S(C)(=O)=O)c1)Cc1cccc(C(F)(F)F)c1F)c1ccccc1. The lowest BCUT2D eigenvalue weighted by Crippen LogP contribution is -2.30. The van der Waals surface area contributed by atoms with Gasteiger partial charge in [0.05, 0.1) is 22.6 Å². The first-order chi connectivity index (χ1) is 18.3. The highest BCUT2D eigenvalue weighted by Crippen LogP contribution is 2.33. The van der Waals surface area contributed by atoms with Crippen LogP contribution >= 0.6 is 0 Å². The number of halogens is 5. The third-order valence-corrected chi connectivity index (χ3v) is 7.29. The molecule has 0 amide bonds. The highest BCUT2D eigenvalue weighted by atomic mass is 32.2. The van der Waals surface area contributed by atoms with Gasteiger partial charge in [-0.25, -0.2) is 17.2 Å². The van der Waals surface area contributed by atoms with Gasteiger partial charge >= 0.3 is 6.18 Å². The van der Waals surface area contributed by atoms with Crippen molar-refractivity contribution in [1.29, 1.82) is 0 Å². The highest BCUT2D eigenvalue weighted by molar-refractivity contribution is 7.90. The number of carbonyl (C=O) groups excluding carboxylic acids is 1. The zero-order chi connectivity index (χ0) is 28.8. The molecule has 0 spiro atoms. The van der Waals surface area contributed by atoms with Gasteiger partial charge in [-0.05, 0) is 30.0 Å². The molecule has 0 fully saturated rings. The van der Waals surface area contributed by atoms with Gasteiger partial charge in [0, 0.05) is 37.5 Å². The largest absolute Gasteiger partial charge is 0.493 e. The Kier molecular flexibility index (Phi) is 9.84. The van der Waals surface area contributed by atoms with Crippen molar-refractivity contribution in [2.45, 2.75) is 36.9 Å². The van der Waals surface area contributed by atoms with Crippen molar-refractivity contribution >= 4 is 16.1 Å². The third kappa shape index (κ3) is 8.09. The molecule has 0 heterocycles. The minimum Gasteiger partial charge on any atom is -0.493 e. The van der Waals surface area contributed by atoms with Crippen LogP contribution in [0.1, 0.15) is 46.3 Å². The zero-order valence-corrected chi connectivity index (χ0v) is 22.2. The number of carbonyl (C=O) groups is 1. The minimum absolute atomic E-state index is 0.00433. The summed E-state index contributed by atoms with van der Waals surface area (Å²) >= 11 is 0. The van der Waals surface area contributed by atoms with Gasteiger partial charge in [-0.3, -0.25) is 9.69 Å². The molecule has 0 aliphatic carbocycles. The van der Waals surface area contributed by atoms with Crippen LogP contribution in [-0.2, 0) is 22.6 Å². The van der Waals surface area contributed by atoms with Crippen molar-refractivity contribution in [3.8, 4) is 5.75 Å². The van der Waals surface area contributed by atoms with E-state index in [0.29, 0.717) is 25.6 Å². The Labute approximate surface area is 224 Å². The van der Waals surface area contributed by atoms with Crippen molar-refractivity contribution in [1.82, 2.24) is 4.90 Å². The lowest BCUT2D eigenvalue weighted by Gasteiger charge is -2.27. The molecule has 3 aromatic rings. The molecule has 5 nitrogen and oxygen atoms in total. The summed E-state index contributed by atoms with van der Waals surface area (Å²) in [4.78, 5) is 12.5. The lowest BCUT2D eigenvalue weighted by molar-refractivity contribution is -0.140. The second-order valence-corrected chi connectivity index (χ2v) is 11.2. The Morgan fingerprint density at radius 1 is 1.03 bits per heavy atom. The normalized spacial score (nSPS) is 12.9. The van der Waals surface area contributed by atoms with E-state index >= 15 is 0 Å². The number of ether oxygens (including phenoxy) is 1. The maximum absolute atomic E-state index is 14.8. The van der Waals surface area contributed by atoms with Crippen LogP contribution in [-0.4, -0.2) is 45.6 Å². The summed E-state index contributed by atoms with van der Waals surface area (Å²) in [5, 5.41) is 0. The maximum Gasteiger partial charge on any atom is 0.419 e. The van der Waals surface area contributed by atoms with Crippen LogP contribution < -0.4 is 4.74 Å². The van der Waals surface area contributed by atoms with Crippen molar-refractivity contribution < 1.29 is 39.9 Å². The molecule has 1 unspecified atom stereocenters. The van der Waals surface area contributed by atoms with Crippen LogP contribution in [0.4, 0.5) is 22.0 Å². The average Bonchev–Trinajstić information content (AvgIpc) is 2.86. The van der Waals surface area contributed by atoms with Gasteiger partial charge in [-0.15, -0.1) is 0 Å². The first-order valence-electron chi connectivity index (χ1n) is 12.0. The molecule has 0 saturated heterocycles. The maximum atomic E-state index is 14.8. The summed E-state index contributed by atoms with van der Waals surface area (Å²) in [7, 11) is -3.90. The first-order valence-corrected chi connectivity index (χ1v) is 13.9. The second kappa shape index (κ2) is 12.7. The number of hydrogen-bond donors (Lipinski definition) is 0. The zero-order valence-electron chi connectivity index (χ0n) is 21.3. The molecule has 0 aliphatic rings. The predicted molar refractivity (Wildman–Crippen MR) is 137 cm³/mol. The first kappa shape index (κ1) is 30.2. The van der Waals surface area contributed by atoms with Crippen molar-refractivity contribution in [2.75, 3.05) is 26.0 Å². The molecule has 210 valence electrons. The fourth-order valence-electron chi connectivity index (χ4n) is 4.22. The van der Waals surface area contributed by atoms with Gasteiger partial charge in [0.15, 0.2) is 16.1 Å². The minimum atomic E-state index is -4.82. The molecule has 0 aromatic heterocycles. The predicted octanol–water partition coefficient (Wildman–Crippen LogP) is 6.27. The Bertz CT molecular complexity index is 1400. The Morgan fingerprint density at radius 2 is 1.72 bits per heavy atom. The van der Waals surface area contributed by atoms with Crippen LogP contribution in [0.5, 0.6) is 5.75 Å². The molecule has 3 aromatic carbocycles. The van der Waals surface area contributed by atoms with Crippen LogP contribution in [0, 0.1) is 11.6 Å². The molecule has 0 N–H and O–H groups in total. The van der Waals surface area contributed by atoms with Gasteiger partial charge in [-0.2, -0.15) is 13.2 Å². The summed E-state index contributed by atoms with van der Waals surface area (Å²) in [5.74, 6) is -2.48. The summed E-state index contributed by atoms with van der Waals surface area (Å²) in [6, 6.07) is 14.6.